The molecule has 1 atom stereocenters. The zero-order chi connectivity index (χ0) is 12.8. The quantitative estimate of drug-likeness (QED) is 0.611. The molecule has 0 saturated carbocycles. The molecule has 1 aromatic carbocycles. The van der Waals surface area contributed by atoms with Crippen molar-refractivity contribution in [1.82, 2.24) is 0 Å². The number of ether oxygens (including phenoxy) is 1. The summed E-state index contributed by atoms with van der Waals surface area (Å²) in [5, 5.41) is 14.0. The molecule has 1 aromatic rings. The fourth-order valence-corrected chi connectivity index (χ4v) is 1.58. The van der Waals surface area contributed by atoms with Crippen molar-refractivity contribution in [2.75, 3.05) is 18.5 Å². The molecule has 0 radical (unpaired) electrons. The Morgan fingerprint density at radius 1 is 1.53 bits per heavy atom. The minimum Gasteiger partial charge on any atom is -0.380 e. The standard InChI is InChI=1S/C12H18N2O3/c1-4-17-8-9(2)13-11-6-5-7-12(10(11)3)14(15)16/h5-7,9,13H,4,8H2,1-3H3. The molecular formula is C12H18N2O3. The van der Waals surface area contributed by atoms with Gasteiger partial charge in [0, 0.05) is 30.0 Å². The van der Waals surface area contributed by atoms with Gasteiger partial charge in [-0.25, -0.2) is 0 Å². The first-order chi connectivity index (χ1) is 8.06. The first-order valence-corrected chi connectivity index (χ1v) is 5.64. The molecule has 5 nitrogen and oxygen atoms in total. The summed E-state index contributed by atoms with van der Waals surface area (Å²) in [5.74, 6) is 0. The molecule has 0 aliphatic heterocycles. The van der Waals surface area contributed by atoms with Gasteiger partial charge in [-0.3, -0.25) is 10.1 Å². The van der Waals surface area contributed by atoms with Crippen LogP contribution in [0.1, 0.15) is 19.4 Å². The van der Waals surface area contributed by atoms with Crippen LogP contribution in [0.4, 0.5) is 11.4 Å². The number of nitro benzene ring substituents is 1. The molecule has 1 unspecified atom stereocenters. The monoisotopic (exact) mass is 238 g/mol. The zero-order valence-corrected chi connectivity index (χ0v) is 10.4. The third kappa shape index (κ3) is 3.71. The van der Waals surface area contributed by atoms with Crippen LogP contribution in [0.25, 0.3) is 0 Å². The second-order valence-electron chi connectivity index (χ2n) is 3.91. The van der Waals surface area contributed by atoms with Gasteiger partial charge in [0.2, 0.25) is 0 Å². The SMILES string of the molecule is CCOCC(C)Nc1cccc([N+](=O)[O-])c1C. The number of nitrogens with one attached hydrogen (secondary N) is 1. The van der Waals surface area contributed by atoms with E-state index in [2.05, 4.69) is 5.32 Å². The lowest BCUT2D eigenvalue weighted by Gasteiger charge is -2.16. The van der Waals surface area contributed by atoms with Crippen LogP contribution in [0.5, 0.6) is 0 Å². The molecule has 0 fully saturated rings. The second kappa shape index (κ2) is 6.20. The normalized spacial score (nSPS) is 12.2. The largest absolute Gasteiger partial charge is 0.380 e. The van der Waals surface area contributed by atoms with Crippen molar-refractivity contribution in [3.8, 4) is 0 Å². The summed E-state index contributed by atoms with van der Waals surface area (Å²) in [6.45, 7) is 6.91. The summed E-state index contributed by atoms with van der Waals surface area (Å²) >= 11 is 0. The fraction of sp³-hybridized carbons (Fsp3) is 0.500. The Labute approximate surface area is 101 Å². The van der Waals surface area contributed by atoms with Crippen molar-refractivity contribution in [3.63, 3.8) is 0 Å². The van der Waals surface area contributed by atoms with Gasteiger partial charge in [0.05, 0.1) is 11.5 Å². The first kappa shape index (κ1) is 13.4. The number of hydrogen-bond acceptors (Lipinski definition) is 4. The van der Waals surface area contributed by atoms with Crippen molar-refractivity contribution in [2.24, 2.45) is 0 Å². The summed E-state index contributed by atoms with van der Waals surface area (Å²) in [6.07, 6.45) is 0. The molecule has 0 heterocycles. The molecular weight excluding hydrogens is 220 g/mol. The van der Waals surface area contributed by atoms with E-state index in [-0.39, 0.29) is 16.7 Å². The average Bonchev–Trinajstić information content (AvgIpc) is 2.28. The predicted octanol–water partition coefficient (Wildman–Crippen LogP) is 2.74. The molecule has 5 heteroatoms. The lowest BCUT2D eigenvalue weighted by Crippen LogP contribution is -2.22. The van der Waals surface area contributed by atoms with Crippen LogP contribution < -0.4 is 5.32 Å². The molecule has 0 aliphatic rings. The Morgan fingerprint density at radius 3 is 2.82 bits per heavy atom. The van der Waals surface area contributed by atoms with Gasteiger partial charge in [-0.2, -0.15) is 0 Å². The van der Waals surface area contributed by atoms with Crippen LogP contribution in [0.3, 0.4) is 0 Å². The summed E-state index contributed by atoms with van der Waals surface area (Å²) in [4.78, 5) is 10.4. The second-order valence-corrected chi connectivity index (χ2v) is 3.91. The van der Waals surface area contributed by atoms with E-state index in [0.717, 1.165) is 5.69 Å². The summed E-state index contributed by atoms with van der Waals surface area (Å²) in [7, 11) is 0. The lowest BCUT2D eigenvalue weighted by molar-refractivity contribution is -0.385. The smallest absolute Gasteiger partial charge is 0.274 e. The molecule has 0 aromatic heterocycles. The van der Waals surface area contributed by atoms with E-state index in [9.17, 15) is 10.1 Å². The maximum atomic E-state index is 10.8. The van der Waals surface area contributed by atoms with Crippen molar-refractivity contribution < 1.29 is 9.66 Å². The van der Waals surface area contributed by atoms with Crippen LogP contribution in [0.2, 0.25) is 0 Å². The molecule has 94 valence electrons. The van der Waals surface area contributed by atoms with Crippen molar-refractivity contribution in [3.05, 3.63) is 33.9 Å². The molecule has 17 heavy (non-hydrogen) atoms. The highest BCUT2D eigenvalue weighted by Gasteiger charge is 2.14. The molecule has 0 bridgehead atoms. The molecule has 0 aliphatic carbocycles. The number of anilines is 1. The van der Waals surface area contributed by atoms with Gasteiger partial charge in [-0.1, -0.05) is 6.07 Å². The van der Waals surface area contributed by atoms with E-state index in [4.69, 9.17) is 4.74 Å². The predicted molar refractivity (Wildman–Crippen MR) is 67.4 cm³/mol. The number of nitro groups is 1. The van der Waals surface area contributed by atoms with E-state index in [1.165, 1.54) is 6.07 Å². The first-order valence-electron chi connectivity index (χ1n) is 5.64. The molecule has 0 amide bonds. The number of rotatable bonds is 6. The minimum absolute atomic E-state index is 0.121. The highest BCUT2D eigenvalue weighted by molar-refractivity contribution is 5.60. The highest BCUT2D eigenvalue weighted by atomic mass is 16.6. The maximum absolute atomic E-state index is 10.8. The van der Waals surface area contributed by atoms with E-state index in [1.807, 2.05) is 19.9 Å². The van der Waals surface area contributed by atoms with Crippen LogP contribution in [0, 0.1) is 17.0 Å². The average molecular weight is 238 g/mol. The van der Waals surface area contributed by atoms with Crippen LogP contribution in [-0.2, 0) is 4.74 Å². The van der Waals surface area contributed by atoms with Crippen molar-refractivity contribution in [2.45, 2.75) is 26.8 Å². The van der Waals surface area contributed by atoms with E-state index in [1.54, 1.807) is 13.0 Å². The number of hydrogen-bond donors (Lipinski definition) is 1. The number of benzene rings is 1. The van der Waals surface area contributed by atoms with Crippen molar-refractivity contribution >= 4 is 11.4 Å². The fourth-order valence-electron chi connectivity index (χ4n) is 1.58. The Balaban J connectivity index is 2.77. The zero-order valence-electron chi connectivity index (χ0n) is 10.4. The van der Waals surface area contributed by atoms with Crippen LogP contribution in [0.15, 0.2) is 18.2 Å². The Morgan fingerprint density at radius 2 is 2.24 bits per heavy atom. The molecule has 0 spiro atoms. The third-order valence-electron chi connectivity index (χ3n) is 2.48. The van der Waals surface area contributed by atoms with Gasteiger partial charge in [0.1, 0.15) is 0 Å². The Hall–Kier alpha value is -1.62. The Bertz CT molecular complexity index is 393. The van der Waals surface area contributed by atoms with E-state index >= 15 is 0 Å². The topological polar surface area (TPSA) is 64.4 Å². The summed E-state index contributed by atoms with van der Waals surface area (Å²) in [6, 6.07) is 5.15. The van der Waals surface area contributed by atoms with Crippen LogP contribution >= 0.6 is 0 Å². The van der Waals surface area contributed by atoms with Crippen LogP contribution in [-0.4, -0.2) is 24.2 Å². The molecule has 1 N–H and O–H groups in total. The maximum Gasteiger partial charge on any atom is 0.274 e. The van der Waals surface area contributed by atoms with E-state index in [0.29, 0.717) is 18.8 Å². The van der Waals surface area contributed by atoms with Crippen molar-refractivity contribution in [1.29, 1.82) is 0 Å². The summed E-state index contributed by atoms with van der Waals surface area (Å²) in [5.41, 5.74) is 1.57. The third-order valence-corrected chi connectivity index (χ3v) is 2.48. The van der Waals surface area contributed by atoms with Gasteiger partial charge in [0.25, 0.3) is 5.69 Å². The van der Waals surface area contributed by atoms with Gasteiger partial charge in [0.15, 0.2) is 0 Å². The minimum atomic E-state index is -0.367. The lowest BCUT2D eigenvalue weighted by atomic mass is 10.1. The Kier molecular flexibility index (Phi) is 4.90. The van der Waals surface area contributed by atoms with Gasteiger partial charge in [-0.15, -0.1) is 0 Å². The van der Waals surface area contributed by atoms with E-state index < -0.39 is 0 Å². The summed E-state index contributed by atoms with van der Waals surface area (Å²) < 4.78 is 5.29. The van der Waals surface area contributed by atoms with Gasteiger partial charge < -0.3 is 10.1 Å². The molecule has 0 saturated heterocycles. The highest BCUT2D eigenvalue weighted by Crippen LogP contribution is 2.25. The molecule has 1 rings (SSSR count). The van der Waals surface area contributed by atoms with Gasteiger partial charge in [-0.05, 0) is 26.8 Å². The number of nitrogens with zero attached hydrogens (tertiary/aromatic N) is 1. The van der Waals surface area contributed by atoms with Gasteiger partial charge >= 0.3 is 0 Å².